The lowest BCUT2D eigenvalue weighted by Crippen LogP contribution is -2.48. The molecule has 2 rings (SSSR count). The van der Waals surface area contributed by atoms with Crippen LogP contribution in [0, 0.1) is 5.92 Å². The van der Waals surface area contributed by atoms with Gasteiger partial charge in [0, 0.05) is 25.7 Å². The highest BCUT2D eigenvalue weighted by atomic mass is 19.4. The van der Waals surface area contributed by atoms with Crippen molar-refractivity contribution >= 4 is 11.9 Å². The third-order valence-electron chi connectivity index (χ3n) is 4.18. The Hall–Kier alpha value is -2.13. The summed E-state index contributed by atoms with van der Waals surface area (Å²) in [6, 6.07) is 8.38. The first kappa shape index (κ1) is 22.9. The Bertz CT molecular complexity index is 637. The van der Waals surface area contributed by atoms with Crippen LogP contribution in [-0.2, 0) is 22.6 Å². The van der Waals surface area contributed by atoms with E-state index in [4.69, 9.17) is 15.6 Å². The maximum absolute atomic E-state index is 11.2. The molecular formula is C18H25F3N2O4. The van der Waals surface area contributed by atoms with Gasteiger partial charge in [-0.1, -0.05) is 37.6 Å². The van der Waals surface area contributed by atoms with Crippen molar-refractivity contribution in [3.05, 3.63) is 35.4 Å². The van der Waals surface area contributed by atoms with Crippen molar-refractivity contribution in [3.63, 3.8) is 0 Å². The number of carboxylic acids is 2. The maximum atomic E-state index is 11.2. The van der Waals surface area contributed by atoms with Crippen LogP contribution in [0.1, 0.15) is 30.9 Å². The van der Waals surface area contributed by atoms with E-state index in [9.17, 15) is 23.1 Å². The van der Waals surface area contributed by atoms with Crippen molar-refractivity contribution < 1.29 is 33.0 Å². The van der Waals surface area contributed by atoms with Gasteiger partial charge in [-0.15, -0.1) is 0 Å². The number of carboxylic acid groups (broad SMARTS) is 2. The van der Waals surface area contributed by atoms with Crippen molar-refractivity contribution in [2.75, 3.05) is 13.1 Å². The van der Waals surface area contributed by atoms with Gasteiger partial charge in [0.05, 0.1) is 5.92 Å². The average Bonchev–Trinajstić information content (AvgIpc) is 2.56. The summed E-state index contributed by atoms with van der Waals surface area (Å²) in [5.74, 6) is -3.82. The zero-order chi connectivity index (χ0) is 20.6. The number of halogens is 3. The number of rotatable bonds is 5. The van der Waals surface area contributed by atoms with E-state index in [0.717, 1.165) is 25.9 Å². The molecule has 0 aromatic heterocycles. The van der Waals surface area contributed by atoms with Crippen molar-refractivity contribution in [1.29, 1.82) is 0 Å². The van der Waals surface area contributed by atoms with E-state index in [-0.39, 0.29) is 12.0 Å². The fraction of sp³-hybridized carbons (Fsp3) is 0.556. The molecule has 152 valence electrons. The summed E-state index contributed by atoms with van der Waals surface area (Å²) in [6.45, 7) is 4.36. The van der Waals surface area contributed by atoms with Crippen LogP contribution >= 0.6 is 0 Å². The van der Waals surface area contributed by atoms with Crippen LogP contribution in [0.2, 0.25) is 0 Å². The van der Waals surface area contributed by atoms with Crippen LogP contribution in [0.5, 0.6) is 0 Å². The summed E-state index contributed by atoms with van der Waals surface area (Å²) in [5.41, 5.74) is 8.66. The van der Waals surface area contributed by atoms with Crippen LogP contribution in [-0.4, -0.2) is 52.4 Å². The fourth-order valence-corrected chi connectivity index (χ4v) is 3.01. The Morgan fingerprint density at radius 1 is 1.19 bits per heavy atom. The zero-order valence-corrected chi connectivity index (χ0v) is 15.1. The van der Waals surface area contributed by atoms with Crippen LogP contribution in [0.25, 0.3) is 0 Å². The molecule has 27 heavy (non-hydrogen) atoms. The molecule has 1 aromatic rings. The molecule has 1 aliphatic heterocycles. The Morgan fingerprint density at radius 2 is 1.74 bits per heavy atom. The van der Waals surface area contributed by atoms with Gasteiger partial charge in [0.1, 0.15) is 0 Å². The Labute approximate surface area is 155 Å². The van der Waals surface area contributed by atoms with Gasteiger partial charge in [0.15, 0.2) is 0 Å². The molecule has 0 saturated carbocycles. The van der Waals surface area contributed by atoms with E-state index in [1.54, 1.807) is 0 Å². The molecule has 0 amide bonds. The molecule has 1 fully saturated rings. The molecule has 0 radical (unpaired) electrons. The van der Waals surface area contributed by atoms with Gasteiger partial charge in [0.25, 0.3) is 0 Å². The Morgan fingerprint density at radius 3 is 2.22 bits per heavy atom. The molecule has 4 N–H and O–H groups in total. The van der Waals surface area contributed by atoms with Gasteiger partial charge in [-0.2, -0.15) is 13.2 Å². The van der Waals surface area contributed by atoms with Gasteiger partial charge in [-0.25, -0.2) is 4.79 Å². The number of aliphatic carboxylic acids is 2. The molecule has 2 unspecified atom stereocenters. The van der Waals surface area contributed by atoms with Crippen molar-refractivity contribution in [3.8, 4) is 0 Å². The number of hydrogen-bond donors (Lipinski definition) is 3. The van der Waals surface area contributed by atoms with Crippen LogP contribution in [0.4, 0.5) is 13.2 Å². The lowest BCUT2D eigenvalue weighted by atomic mass is 9.94. The van der Waals surface area contributed by atoms with Gasteiger partial charge >= 0.3 is 18.1 Å². The summed E-state index contributed by atoms with van der Waals surface area (Å²) in [6.07, 6.45) is -2.31. The molecule has 6 nitrogen and oxygen atoms in total. The minimum Gasteiger partial charge on any atom is -0.481 e. The molecule has 2 atom stereocenters. The number of aryl methyl sites for hydroxylation is 1. The standard InChI is InChI=1S/C16H24N2O2.C2HF3O2/c1-2-5-12-6-3-4-7-13(12)9-18-10-14(16(19)20)8-15(17)11-18;3-2(4,5)1(6)7/h3-4,6-7,14-15H,2,5,8-11,17H2,1H3,(H,19,20);(H,6,7). The molecule has 0 aliphatic carbocycles. The van der Waals surface area contributed by atoms with Crippen LogP contribution in [0.3, 0.4) is 0 Å². The smallest absolute Gasteiger partial charge is 0.481 e. The number of likely N-dealkylation sites (tertiary alicyclic amines) is 1. The number of nitrogens with two attached hydrogens (primary N) is 1. The predicted molar refractivity (Wildman–Crippen MR) is 93.1 cm³/mol. The number of piperidine rings is 1. The second kappa shape index (κ2) is 10.3. The number of benzene rings is 1. The summed E-state index contributed by atoms with van der Waals surface area (Å²) >= 11 is 0. The quantitative estimate of drug-likeness (QED) is 0.714. The highest BCUT2D eigenvalue weighted by Gasteiger charge is 2.38. The van der Waals surface area contributed by atoms with E-state index in [0.29, 0.717) is 13.0 Å². The molecule has 0 spiro atoms. The number of hydrogen-bond acceptors (Lipinski definition) is 4. The van der Waals surface area contributed by atoms with Crippen LogP contribution < -0.4 is 5.73 Å². The summed E-state index contributed by atoms with van der Waals surface area (Å²) in [4.78, 5) is 22.3. The van der Waals surface area contributed by atoms with E-state index in [2.05, 4.69) is 30.0 Å². The van der Waals surface area contributed by atoms with E-state index in [1.807, 2.05) is 6.07 Å². The largest absolute Gasteiger partial charge is 0.490 e. The van der Waals surface area contributed by atoms with Crippen molar-refractivity contribution in [2.45, 2.75) is 44.9 Å². The monoisotopic (exact) mass is 390 g/mol. The number of nitrogens with zero attached hydrogens (tertiary/aromatic N) is 1. The zero-order valence-electron chi connectivity index (χ0n) is 15.1. The SMILES string of the molecule is CCCc1ccccc1CN1CC(N)CC(C(=O)O)C1.O=C(O)C(F)(F)F. The third-order valence-corrected chi connectivity index (χ3v) is 4.18. The topological polar surface area (TPSA) is 104 Å². The molecule has 1 aromatic carbocycles. The molecule has 9 heteroatoms. The summed E-state index contributed by atoms with van der Waals surface area (Å²) < 4.78 is 31.7. The minimum absolute atomic E-state index is 0.0387. The third kappa shape index (κ3) is 7.96. The average molecular weight is 390 g/mol. The van der Waals surface area contributed by atoms with E-state index in [1.165, 1.54) is 11.1 Å². The van der Waals surface area contributed by atoms with E-state index >= 15 is 0 Å². The first-order valence-corrected chi connectivity index (χ1v) is 8.62. The van der Waals surface area contributed by atoms with Crippen LogP contribution in [0.15, 0.2) is 24.3 Å². The normalized spacial score (nSPS) is 20.5. The number of alkyl halides is 3. The molecule has 0 bridgehead atoms. The van der Waals surface area contributed by atoms with Crippen molar-refractivity contribution in [2.24, 2.45) is 11.7 Å². The lowest BCUT2D eigenvalue weighted by Gasteiger charge is -2.34. The van der Waals surface area contributed by atoms with E-state index < -0.39 is 18.1 Å². The Kier molecular flexibility index (Phi) is 8.71. The molecule has 1 heterocycles. The summed E-state index contributed by atoms with van der Waals surface area (Å²) in [5, 5.41) is 16.3. The maximum Gasteiger partial charge on any atom is 0.490 e. The van der Waals surface area contributed by atoms with Gasteiger partial charge in [-0.3, -0.25) is 9.69 Å². The second-order valence-electron chi connectivity index (χ2n) is 6.55. The number of carbonyl (C=O) groups is 2. The van der Waals surface area contributed by atoms with Gasteiger partial charge in [-0.05, 0) is 24.0 Å². The van der Waals surface area contributed by atoms with Crippen molar-refractivity contribution in [1.82, 2.24) is 4.90 Å². The minimum atomic E-state index is -5.08. The highest BCUT2D eigenvalue weighted by molar-refractivity contribution is 5.73. The highest BCUT2D eigenvalue weighted by Crippen LogP contribution is 2.20. The predicted octanol–water partition coefficient (Wildman–Crippen LogP) is 2.51. The lowest BCUT2D eigenvalue weighted by molar-refractivity contribution is -0.192. The van der Waals surface area contributed by atoms with Gasteiger partial charge < -0.3 is 15.9 Å². The second-order valence-corrected chi connectivity index (χ2v) is 6.55. The fourth-order valence-electron chi connectivity index (χ4n) is 3.01. The summed E-state index contributed by atoms with van der Waals surface area (Å²) in [7, 11) is 0. The first-order chi connectivity index (χ1) is 12.5. The molecule has 1 aliphatic rings. The Balaban J connectivity index is 0.000000445. The molecular weight excluding hydrogens is 365 g/mol. The molecule has 1 saturated heterocycles. The first-order valence-electron chi connectivity index (χ1n) is 8.62. The van der Waals surface area contributed by atoms with Gasteiger partial charge in [0.2, 0.25) is 0 Å².